The maximum absolute atomic E-state index is 11.0. The van der Waals surface area contributed by atoms with Gasteiger partial charge in [-0.1, -0.05) is 48.5 Å². The normalized spacial score (nSPS) is 10.9. The Hall–Kier alpha value is -2.36. The number of hydrogen-bond acceptors (Lipinski definition) is 3. The Balaban J connectivity index is 1.87. The number of rotatable bonds is 6. The molecule has 0 amide bonds. The summed E-state index contributed by atoms with van der Waals surface area (Å²) in [6, 6.07) is 16.2. The van der Waals surface area contributed by atoms with Crippen molar-refractivity contribution in [3.8, 4) is 0 Å². The molecule has 122 valence electrons. The molecule has 0 fully saturated rings. The van der Waals surface area contributed by atoms with E-state index in [1.165, 1.54) is 0 Å². The number of hydrogen-bond donors (Lipinski definition) is 0. The minimum absolute atomic E-state index is 0.203. The van der Waals surface area contributed by atoms with Gasteiger partial charge in [0.05, 0.1) is 13.2 Å². The second kappa shape index (κ2) is 7.47. The lowest BCUT2D eigenvalue weighted by atomic mass is 9.97. The van der Waals surface area contributed by atoms with Crippen LogP contribution in [0.25, 0.3) is 21.5 Å². The molecule has 24 heavy (non-hydrogen) atoms. The van der Waals surface area contributed by atoms with Crippen molar-refractivity contribution in [3.05, 3.63) is 71.8 Å². The average molecular weight is 341 g/mol. The van der Waals surface area contributed by atoms with E-state index in [0.29, 0.717) is 18.2 Å². The topological polar surface area (TPSA) is 35.5 Å². The van der Waals surface area contributed by atoms with Crippen molar-refractivity contribution in [2.24, 2.45) is 0 Å². The van der Waals surface area contributed by atoms with Crippen LogP contribution < -0.4 is 0 Å². The van der Waals surface area contributed by atoms with Gasteiger partial charge in [-0.2, -0.15) is 0 Å². The molecule has 0 saturated heterocycles. The number of carbonyl (C=O) groups excluding carboxylic acids is 1. The van der Waals surface area contributed by atoms with Gasteiger partial charge in [-0.25, -0.2) is 4.79 Å². The monoisotopic (exact) mass is 340 g/mol. The maximum atomic E-state index is 11.0. The van der Waals surface area contributed by atoms with Gasteiger partial charge in [0, 0.05) is 11.1 Å². The molecule has 0 saturated carbocycles. The molecule has 3 nitrogen and oxygen atoms in total. The molecule has 3 rings (SSSR count). The Morgan fingerprint density at radius 2 is 1.83 bits per heavy atom. The molecule has 0 aliphatic rings. The van der Waals surface area contributed by atoms with Crippen LogP contribution in [0.3, 0.4) is 0 Å². The zero-order valence-corrected chi connectivity index (χ0v) is 13.9. The molecule has 0 heterocycles. The van der Waals surface area contributed by atoms with Crippen LogP contribution in [0.1, 0.15) is 5.56 Å². The highest BCUT2D eigenvalue weighted by Gasteiger charge is 2.08. The van der Waals surface area contributed by atoms with Crippen molar-refractivity contribution >= 4 is 39.1 Å². The van der Waals surface area contributed by atoms with Crippen molar-refractivity contribution in [3.63, 3.8) is 0 Å². The average Bonchev–Trinajstić information content (AvgIpc) is 2.60. The third-order valence-electron chi connectivity index (χ3n) is 3.82. The van der Waals surface area contributed by atoms with E-state index in [0.717, 1.165) is 33.2 Å². The number of fused-ring (bicyclic) bond motifs is 2. The molecule has 0 N–H and O–H groups in total. The Labute approximate surface area is 145 Å². The summed E-state index contributed by atoms with van der Waals surface area (Å²) >= 11 is 6.17. The molecule has 0 aliphatic carbocycles. The SMILES string of the molecule is C=CC(=O)OCCOCc1c2ccccc2cc2ccc(Cl)cc12. The predicted molar refractivity (Wildman–Crippen MR) is 97.3 cm³/mol. The van der Waals surface area contributed by atoms with Crippen LogP contribution in [-0.2, 0) is 20.9 Å². The third kappa shape index (κ3) is 3.58. The second-order valence-electron chi connectivity index (χ2n) is 5.37. The van der Waals surface area contributed by atoms with Crippen molar-refractivity contribution < 1.29 is 14.3 Å². The summed E-state index contributed by atoms with van der Waals surface area (Å²) in [6.07, 6.45) is 1.14. The van der Waals surface area contributed by atoms with E-state index in [4.69, 9.17) is 21.1 Å². The zero-order chi connectivity index (χ0) is 16.9. The number of ether oxygens (including phenoxy) is 2. The summed E-state index contributed by atoms with van der Waals surface area (Å²) in [5, 5.41) is 5.18. The number of carbonyl (C=O) groups is 1. The van der Waals surface area contributed by atoms with E-state index < -0.39 is 5.97 Å². The Kier molecular flexibility index (Phi) is 5.14. The number of halogens is 1. The quantitative estimate of drug-likeness (QED) is 0.277. The molecule has 3 aromatic carbocycles. The highest BCUT2D eigenvalue weighted by Crippen LogP contribution is 2.30. The smallest absolute Gasteiger partial charge is 0.330 e. The van der Waals surface area contributed by atoms with E-state index in [1.54, 1.807) is 0 Å². The summed E-state index contributed by atoms with van der Waals surface area (Å²) in [5.74, 6) is -0.444. The molecule has 0 aromatic heterocycles. The lowest BCUT2D eigenvalue weighted by Gasteiger charge is -2.12. The van der Waals surface area contributed by atoms with Crippen molar-refractivity contribution in [1.82, 2.24) is 0 Å². The molecular formula is C20H17ClO3. The standard InChI is InChI=1S/C20H17ClO3/c1-2-20(22)24-10-9-23-13-19-17-6-4-3-5-14(17)11-15-7-8-16(21)12-18(15)19/h2-8,11-12H,1,9-10,13H2. The van der Waals surface area contributed by atoms with Gasteiger partial charge in [0.2, 0.25) is 0 Å². The van der Waals surface area contributed by atoms with E-state index in [1.807, 2.05) is 30.3 Å². The molecule has 0 atom stereocenters. The second-order valence-corrected chi connectivity index (χ2v) is 5.80. The van der Waals surface area contributed by atoms with Crippen molar-refractivity contribution in [2.75, 3.05) is 13.2 Å². The van der Waals surface area contributed by atoms with Crippen LogP contribution in [0.15, 0.2) is 61.2 Å². The van der Waals surface area contributed by atoms with Gasteiger partial charge in [0.15, 0.2) is 0 Å². The number of benzene rings is 3. The summed E-state index contributed by atoms with van der Waals surface area (Å²) < 4.78 is 10.6. The number of esters is 1. The molecular weight excluding hydrogens is 324 g/mol. The third-order valence-corrected chi connectivity index (χ3v) is 4.06. The molecule has 3 aromatic rings. The first kappa shape index (κ1) is 16.5. The fourth-order valence-electron chi connectivity index (χ4n) is 2.72. The molecule has 0 aliphatic heterocycles. The van der Waals surface area contributed by atoms with Crippen LogP contribution in [0.5, 0.6) is 0 Å². The van der Waals surface area contributed by atoms with Crippen LogP contribution in [-0.4, -0.2) is 19.2 Å². The van der Waals surface area contributed by atoms with E-state index in [9.17, 15) is 4.79 Å². The minimum atomic E-state index is -0.444. The van der Waals surface area contributed by atoms with Gasteiger partial charge in [-0.15, -0.1) is 0 Å². The maximum Gasteiger partial charge on any atom is 0.330 e. The lowest BCUT2D eigenvalue weighted by Crippen LogP contribution is -2.08. The van der Waals surface area contributed by atoms with Crippen LogP contribution >= 0.6 is 11.6 Å². The van der Waals surface area contributed by atoms with Gasteiger partial charge in [-0.3, -0.25) is 0 Å². The summed E-state index contributed by atoms with van der Waals surface area (Å²) in [4.78, 5) is 11.0. The summed E-state index contributed by atoms with van der Waals surface area (Å²) in [5.41, 5.74) is 1.08. The van der Waals surface area contributed by atoms with Crippen LogP contribution in [0.4, 0.5) is 0 Å². The van der Waals surface area contributed by atoms with Gasteiger partial charge in [-0.05, 0) is 45.3 Å². The van der Waals surface area contributed by atoms with Crippen molar-refractivity contribution in [2.45, 2.75) is 6.61 Å². The van der Waals surface area contributed by atoms with Gasteiger partial charge in [0.1, 0.15) is 6.61 Å². The predicted octanol–water partition coefficient (Wildman–Crippen LogP) is 4.89. The summed E-state index contributed by atoms with van der Waals surface area (Å²) in [6.45, 7) is 4.30. The Morgan fingerprint density at radius 1 is 1.04 bits per heavy atom. The molecule has 0 radical (unpaired) electrons. The highest BCUT2D eigenvalue weighted by molar-refractivity contribution is 6.31. The van der Waals surface area contributed by atoms with E-state index >= 15 is 0 Å². The van der Waals surface area contributed by atoms with Gasteiger partial charge in [0.25, 0.3) is 0 Å². The van der Waals surface area contributed by atoms with Gasteiger partial charge >= 0.3 is 5.97 Å². The fraction of sp³-hybridized carbons (Fsp3) is 0.150. The molecule has 4 heteroatoms. The first-order valence-electron chi connectivity index (χ1n) is 7.66. The zero-order valence-electron chi connectivity index (χ0n) is 13.1. The molecule has 0 bridgehead atoms. The van der Waals surface area contributed by atoms with Crippen LogP contribution in [0, 0.1) is 0 Å². The van der Waals surface area contributed by atoms with E-state index in [2.05, 4.69) is 24.8 Å². The van der Waals surface area contributed by atoms with Crippen molar-refractivity contribution in [1.29, 1.82) is 0 Å². The fourth-order valence-corrected chi connectivity index (χ4v) is 2.89. The Morgan fingerprint density at radius 3 is 2.67 bits per heavy atom. The first-order valence-corrected chi connectivity index (χ1v) is 8.03. The Bertz CT molecular complexity index is 902. The van der Waals surface area contributed by atoms with Gasteiger partial charge < -0.3 is 9.47 Å². The molecule has 0 unspecified atom stereocenters. The van der Waals surface area contributed by atoms with Crippen LogP contribution in [0.2, 0.25) is 5.02 Å². The minimum Gasteiger partial charge on any atom is -0.460 e. The largest absolute Gasteiger partial charge is 0.460 e. The lowest BCUT2D eigenvalue weighted by molar-refractivity contribution is -0.139. The first-order chi connectivity index (χ1) is 11.7. The van der Waals surface area contributed by atoms with E-state index in [-0.39, 0.29) is 6.61 Å². The molecule has 0 spiro atoms. The highest BCUT2D eigenvalue weighted by atomic mass is 35.5. The summed E-state index contributed by atoms with van der Waals surface area (Å²) in [7, 11) is 0.